The third-order valence-electron chi connectivity index (χ3n) is 2.78. The third-order valence-corrected chi connectivity index (χ3v) is 2.78. The maximum absolute atomic E-state index is 13.7. The zero-order valence-electron chi connectivity index (χ0n) is 11.2. The lowest BCUT2D eigenvalue weighted by molar-refractivity contribution is 0.321. The molecule has 20 heavy (non-hydrogen) atoms. The van der Waals surface area contributed by atoms with Crippen LogP contribution in [0.3, 0.4) is 0 Å². The van der Waals surface area contributed by atoms with Crippen LogP contribution in [0.5, 0.6) is 5.75 Å². The number of hydrogen-bond donors (Lipinski definition) is 1. The fourth-order valence-electron chi connectivity index (χ4n) is 1.84. The molecule has 0 spiro atoms. The fourth-order valence-corrected chi connectivity index (χ4v) is 1.84. The molecule has 4 heteroatoms. The van der Waals surface area contributed by atoms with E-state index in [9.17, 15) is 4.39 Å². The smallest absolute Gasteiger partial charge is 0.167 e. The van der Waals surface area contributed by atoms with Crippen molar-refractivity contribution in [2.24, 2.45) is 0 Å². The molecule has 0 saturated heterocycles. The molecule has 3 nitrogen and oxygen atoms in total. The molecule has 0 heterocycles. The third kappa shape index (κ3) is 3.48. The molecule has 102 valence electrons. The van der Waals surface area contributed by atoms with Crippen LogP contribution < -0.4 is 10.1 Å². The Hall–Kier alpha value is -2.54. The van der Waals surface area contributed by atoms with Crippen LogP contribution in [-0.2, 0) is 6.54 Å². The molecule has 0 unspecified atom stereocenters. The van der Waals surface area contributed by atoms with Crippen LogP contribution in [0.4, 0.5) is 10.1 Å². The van der Waals surface area contributed by atoms with Crippen molar-refractivity contribution < 1.29 is 9.13 Å². The maximum Gasteiger partial charge on any atom is 0.167 e. The van der Waals surface area contributed by atoms with E-state index in [1.807, 2.05) is 19.1 Å². The maximum atomic E-state index is 13.7. The SMILES string of the molecule is CCOc1ccc(NCc2cccc(C#N)c2)cc1F. The first-order valence-electron chi connectivity index (χ1n) is 6.38. The molecule has 2 aromatic rings. The van der Waals surface area contributed by atoms with Crippen molar-refractivity contribution in [2.75, 3.05) is 11.9 Å². The molecule has 0 aromatic heterocycles. The summed E-state index contributed by atoms with van der Waals surface area (Å²) in [6, 6.07) is 14.2. The lowest BCUT2D eigenvalue weighted by Gasteiger charge is -2.09. The van der Waals surface area contributed by atoms with Gasteiger partial charge in [-0.3, -0.25) is 0 Å². The van der Waals surface area contributed by atoms with Gasteiger partial charge in [0.1, 0.15) is 0 Å². The second-order valence-corrected chi connectivity index (χ2v) is 4.24. The average Bonchev–Trinajstić information content (AvgIpc) is 2.48. The minimum atomic E-state index is -0.386. The highest BCUT2D eigenvalue weighted by molar-refractivity contribution is 5.48. The van der Waals surface area contributed by atoms with E-state index in [4.69, 9.17) is 10.00 Å². The Labute approximate surface area is 117 Å². The molecular formula is C16H15FN2O. The standard InChI is InChI=1S/C16H15FN2O/c1-2-20-16-7-6-14(9-15(16)17)19-11-13-5-3-4-12(8-13)10-18/h3-9,19H,2,11H2,1H3. The summed E-state index contributed by atoms with van der Waals surface area (Å²) in [5, 5.41) is 11.9. The molecule has 2 rings (SSSR count). The highest BCUT2D eigenvalue weighted by atomic mass is 19.1. The van der Waals surface area contributed by atoms with E-state index in [1.54, 1.807) is 24.3 Å². The highest BCUT2D eigenvalue weighted by Crippen LogP contribution is 2.21. The summed E-state index contributed by atoms with van der Waals surface area (Å²) in [6.45, 7) is 2.78. The van der Waals surface area contributed by atoms with Crippen LogP contribution >= 0.6 is 0 Å². The van der Waals surface area contributed by atoms with Crippen molar-refractivity contribution >= 4 is 5.69 Å². The van der Waals surface area contributed by atoms with Gasteiger partial charge in [-0.2, -0.15) is 5.26 Å². The average molecular weight is 270 g/mol. The van der Waals surface area contributed by atoms with Gasteiger partial charge in [-0.1, -0.05) is 12.1 Å². The van der Waals surface area contributed by atoms with E-state index in [0.717, 1.165) is 5.56 Å². The van der Waals surface area contributed by atoms with E-state index < -0.39 is 0 Å². The number of anilines is 1. The van der Waals surface area contributed by atoms with Gasteiger partial charge in [0.2, 0.25) is 0 Å². The monoisotopic (exact) mass is 270 g/mol. The summed E-state index contributed by atoms with van der Waals surface area (Å²) in [6.07, 6.45) is 0. The minimum absolute atomic E-state index is 0.254. The number of nitrogens with zero attached hydrogens (tertiary/aromatic N) is 1. The van der Waals surface area contributed by atoms with Crippen LogP contribution in [0.15, 0.2) is 42.5 Å². The van der Waals surface area contributed by atoms with E-state index in [2.05, 4.69) is 11.4 Å². The normalized spacial score (nSPS) is 9.85. The van der Waals surface area contributed by atoms with Crippen LogP contribution in [0.1, 0.15) is 18.1 Å². The molecule has 0 aliphatic rings. The number of ether oxygens (including phenoxy) is 1. The predicted molar refractivity (Wildman–Crippen MR) is 76.1 cm³/mol. The number of rotatable bonds is 5. The zero-order chi connectivity index (χ0) is 14.4. The van der Waals surface area contributed by atoms with Gasteiger partial charge in [0, 0.05) is 18.3 Å². The predicted octanol–water partition coefficient (Wildman–Crippen LogP) is 3.71. The Morgan fingerprint density at radius 3 is 2.80 bits per heavy atom. The Morgan fingerprint density at radius 1 is 1.25 bits per heavy atom. The first-order chi connectivity index (χ1) is 9.72. The van der Waals surface area contributed by atoms with Crippen molar-refractivity contribution in [3.63, 3.8) is 0 Å². The molecule has 0 bridgehead atoms. The summed E-state index contributed by atoms with van der Waals surface area (Å²) < 4.78 is 18.8. The van der Waals surface area contributed by atoms with Crippen LogP contribution in [0.2, 0.25) is 0 Å². The Kier molecular flexibility index (Phi) is 4.56. The molecule has 0 fully saturated rings. The quantitative estimate of drug-likeness (QED) is 0.900. The van der Waals surface area contributed by atoms with Crippen molar-refractivity contribution in [1.82, 2.24) is 0 Å². The van der Waals surface area contributed by atoms with Crippen LogP contribution in [0, 0.1) is 17.1 Å². The molecule has 2 aromatic carbocycles. The van der Waals surface area contributed by atoms with Gasteiger partial charge in [-0.15, -0.1) is 0 Å². The molecule has 0 aliphatic carbocycles. The van der Waals surface area contributed by atoms with Crippen molar-refractivity contribution in [1.29, 1.82) is 5.26 Å². The van der Waals surface area contributed by atoms with Crippen LogP contribution in [0.25, 0.3) is 0 Å². The lowest BCUT2D eigenvalue weighted by Crippen LogP contribution is -2.01. The minimum Gasteiger partial charge on any atom is -0.491 e. The zero-order valence-corrected chi connectivity index (χ0v) is 11.2. The Morgan fingerprint density at radius 2 is 2.10 bits per heavy atom. The fraction of sp³-hybridized carbons (Fsp3) is 0.188. The summed E-state index contributed by atoms with van der Waals surface area (Å²) in [7, 11) is 0. The molecule has 0 saturated carbocycles. The molecule has 0 amide bonds. The van der Waals surface area contributed by atoms with Crippen molar-refractivity contribution in [2.45, 2.75) is 13.5 Å². The van der Waals surface area contributed by atoms with E-state index in [0.29, 0.717) is 24.4 Å². The first-order valence-corrected chi connectivity index (χ1v) is 6.38. The number of halogens is 1. The number of nitrogens with one attached hydrogen (secondary N) is 1. The summed E-state index contributed by atoms with van der Waals surface area (Å²) in [5.74, 6) is -0.132. The summed E-state index contributed by atoms with van der Waals surface area (Å²) >= 11 is 0. The Balaban J connectivity index is 2.03. The number of hydrogen-bond acceptors (Lipinski definition) is 3. The van der Waals surface area contributed by atoms with E-state index in [-0.39, 0.29) is 11.6 Å². The van der Waals surface area contributed by atoms with Gasteiger partial charge in [-0.05, 0) is 36.8 Å². The second kappa shape index (κ2) is 6.58. The van der Waals surface area contributed by atoms with Crippen LogP contribution in [-0.4, -0.2) is 6.61 Å². The number of nitriles is 1. The first kappa shape index (κ1) is 13.9. The Bertz CT molecular complexity index is 635. The molecule has 0 atom stereocenters. The lowest BCUT2D eigenvalue weighted by atomic mass is 10.1. The van der Waals surface area contributed by atoms with Gasteiger partial charge < -0.3 is 10.1 Å². The highest BCUT2D eigenvalue weighted by Gasteiger charge is 2.04. The van der Waals surface area contributed by atoms with E-state index in [1.165, 1.54) is 6.07 Å². The second-order valence-electron chi connectivity index (χ2n) is 4.24. The largest absolute Gasteiger partial charge is 0.491 e. The van der Waals surface area contributed by atoms with Gasteiger partial charge in [0.05, 0.1) is 18.2 Å². The van der Waals surface area contributed by atoms with Gasteiger partial charge in [0.15, 0.2) is 11.6 Å². The van der Waals surface area contributed by atoms with Gasteiger partial charge in [0.25, 0.3) is 0 Å². The van der Waals surface area contributed by atoms with Crippen molar-refractivity contribution in [3.8, 4) is 11.8 Å². The molecule has 0 radical (unpaired) electrons. The summed E-state index contributed by atoms with van der Waals surface area (Å²) in [5.41, 5.74) is 2.26. The molecule has 1 N–H and O–H groups in total. The molecule has 0 aliphatic heterocycles. The topological polar surface area (TPSA) is 45.0 Å². The summed E-state index contributed by atoms with van der Waals surface area (Å²) in [4.78, 5) is 0. The van der Waals surface area contributed by atoms with Gasteiger partial charge in [-0.25, -0.2) is 4.39 Å². The van der Waals surface area contributed by atoms with Crippen molar-refractivity contribution in [3.05, 3.63) is 59.4 Å². The van der Waals surface area contributed by atoms with E-state index >= 15 is 0 Å². The van der Waals surface area contributed by atoms with Gasteiger partial charge >= 0.3 is 0 Å². The number of benzene rings is 2. The molecular weight excluding hydrogens is 255 g/mol.